The van der Waals surface area contributed by atoms with Crippen LogP contribution in [0.25, 0.3) is 6.08 Å². The van der Waals surface area contributed by atoms with Crippen LogP contribution in [-0.2, 0) is 4.79 Å². The van der Waals surface area contributed by atoms with Crippen LogP contribution in [0, 0.1) is 6.92 Å². The second kappa shape index (κ2) is 5.13. The number of rotatable bonds is 3. The monoisotopic (exact) mass is 244 g/mol. The molecule has 18 heavy (non-hydrogen) atoms. The van der Waals surface area contributed by atoms with Gasteiger partial charge < -0.3 is 10.3 Å². The van der Waals surface area contributed by atoms with Gasteiger partial charge in [-0.05, 0) is 30.7 Å². The number of nitrogens with two attached hydrogens (primary N) is 1. The highest BCUT2D eigenvalue weighted by Gasteiger charge is 2.04. The molecule has 1 heterocycles. The first-order valence-corrected chi connectivity index (χ1v) is 5.28. The summed E-state index contributed by atoms with van der Waals surface area (Å²) < 4.78 is 4.76. The number of hydrogen-bond acceptors (Lipinski definition) is 5. The molecular formula is C12H12N4O2. The molecule has 0 saturated heterocycles. The topological polar surface area (TPSA) is 94.0 Å². The van der Waals surface area contributed by atoms with Crippen molar-refractivity contribution in [3.05, 3.63) is 41.7 Å². The third-order valence-electron chi connectivity index (χ3n) is 2.10. The van der Waals surface area contributed by atoms with Gasteiger partial charge in [0, 0.05) is 11.8 Å². The zero-order valence-electron chi connectivity index (χ0n) is 9.75. The Morgan fingerprint density at radius 1 is 1.50 bits per heavy atom. The molecule has 6 heteroatoms. The van der Waals surface area contributed by atoms with E-state index in [1.807, 2.05) is 12.1 Å². The van der Waals surface area contributed by atoms with E-state index in [4.69, 9.17) is 10.3 Å². The van der Waals surface area contributed by atoms with E-state index in [1.165, 1.54) is 6.08 Å². The van der Waals surface area contributed by atoms with Crippen LogP contribution < -0.4 is 11.1 Å². The third kappa shape index (κ3) is 3.18. The zero-order valence-corrected chi connectivity index (χ0v) is 9.75. The average molecular weight is 244 g/mol. The Hall–Kier alpha value is -2.63. The normalized spacial score (nSPS) is 10.7. The summed E-state index contributed by atoms with van der Waals surface area (Å²) in [6.45, 7) is 1.67. The lowest BCUT2D eigenvalue weighted by Crippen LogP contribution is -2.07. The molecule has 0 radical (unpaired) electrons. The predicted octanol–water partition coefficient (Wildman–Crippen LogP) is 1.61. The van der Waals surface area contributed by atoms with E-state index in [1.54, 1.807) is 25.1 Å². The Kier molecular flexibility index (Phi) is 3.38. The van der Waals surface area contributed by atoms with Crippen LogP contribution in [0.2, 0.25) is 0 Å². The molecule has 0 aliphatic heterocycles. The van der Waals surface area contributed by atoms with E-state index in [9.17, 15) is 4.79 Å². The maximum Gasteiger partial charge on any atom is 0.328 e. The number of nitrogens with one attached hydrogen (secondary N) is 1. The minimum Gasteiger partial charge on any atom is -0.399 e. The van der Waals surface area contributed by atoms with Crippen LogP contribution in [0.15, 0.2) is 34.9 Å². The van der Waals surface area contributed by atoms with Crippen molar-refractivity contribution in [3.8, 4) is 0 Å². The first-order chi connectivity index (χ1) is 8.63. The van der Waals surface area contributed by atoms with Gasteiger partial charge in [-0.3, -0.25) is 10.1 Å². The van der Waals surface area contributed by atoms with Gasteiger partial charge in [0.25, 0.3) is 5.91 Å². The zero-order chi connectivity index (χ0) is 13.0. The molecule has 0 fully saturated rings. The van der Waals surface area contributed by atoms with Crippen molar-refractivity contribution in [2.45, 2.75) is 6.92 Å². The first kappa shape index (κ1) is 11.8. The van der Waals surface area contributed by atoms with Gasteiger partial charge in [-0.25, -0.2) is 0 Å². The van der Waals surface area contributed by atoms with E-state index in [0.717, 1.165) is 5.56 Å². The van der Waals surface area contributed by atoms with Crippen molar-refractivity contribution in [2.75, 3.05) is 11.1 Å². The van der Waals surface area contributed by atoms with E-state index in [-0.39, 0.29) is 11.9 Å². The fourth-order valence-corrected chi connectivity index (χ4v) is 1.33. The number of amides is 1. The minimum absolute atomic E-state index is 0.0784. The number of carbonyl (C=O) groups is 1. The van der Waals surface area contributed by atoms with Gasteiger partial charge >= 0.3 is 6.01 Å². The Labute approximate surface area is 103 Å². The summed E-state index contributed by atoms with van der Waals surface area (Å²) in [6.07, 6.45) is 3.02. The number of benzene rings is 1. The number of carbonyl (C=O) groups excluding carboxylic acids is 1. The minimum atomic E-state index is -0.346. The van der Waals surface area contributed by atoms with Crippen LogP contribution in [0.1, 0.15) is 11.4 Å². The molecule has 1 amide bonds. The van der Waals surface area contributed by atoms with Crippen molar-refractivity contribution < 1.29 is 9.32 Å². The van der Waals surface area contributed by atoms with E-state index in [2.05, 4.69) is 15.5 Å². The molecule has 0 atom stereocenters. The van der Waals surface area contributed by atoms with Crippen LogP contribution in [0.3, 0.4) is 0 Å². The molecule has 0 unspecified atom stereocenters. The van der Waals surface area contributed by atoms with Crippen molar-refractivity contribution >= 4 is 23.7 Å². The summed E-state index contributed by atoms with van der Waals surface area (Å²) in [6, 6.07) is 7.28. The Bertz CT molecular complexity index is 589. The number of hydrogen-bond donors (Lipinski definition) is 2. The van der Waals surface area contributed by atoms with Gasteiger partial charge in [-0.2, -0.15) is 4.98 Å². The molecular weight excluding hydrogens is 232 g/mol. The SMILES string of the molecule is Cc1noc(NC(=O)/C=C/c2cccc(N)c2)n1. The molecule has 3 N–H and O–H groups in total. The molecule has 0 aliphatic rings. The van der Waals surface area contributed by atoms with E-state index < -0.39 is 0 Å². The van der Waals surface area contributed by atoms with Crippen molar-refractivity contribution in [3.63, 3.8) is 0 Å². The molecule has 0 saturated carbocycles. The van der Waals surface area contributed by atoms with Crippen molar-refractivity contribution in [1.29, 1.82) is 0 Å². The number of nitrogens with zero attached hydrogens (tertiary/aromatic N) is 2. The standard InChI is InChI=1S/C12H12N4O2/c1-8-14-12(18-16-8)15-11(17)6-5-9-3-2-4-10(13)7-9/h2-7H,13H2,1H3,(H,14,15,16,17)/b6-5+. The third-order valence-corrected chi connectivity index (χ3v) is 2.10. The molecule has 0 spiro atoms. The number of nitrogen functional groups attached to an aromatic ring is 1. The quantitative estimate of drug-likeness (QED) is 0.632. The predicted molar refractivity (Wildman–Crippen MR) is 67.6 cm³/mol. The molecule has 2 rings (SSSR count). The highest BCUT2D eigenvalue weighted by atomic mass is 16.5. The second-order valence-corrected chi connectivity index (χ2v) is 3.64. The Morgan fingerprint density at radius 3 is 3.00 bits per heavy atom. The molecule has 0 bridgehead atoms. The maximum absolute atomic E-state index is 11.5. The summed E-state index contributed by atoms with van der Waals surface area (Å²) in [5.74, 6) is 0.117. The summed E-state index contributed by atoms with van der Waals surface area (Å²) >= 11 is 0. The van der Waals surface area contributed by atoms with Gasteiger partial charge in [-0.15, -0.1) is 0 Å². The molecule has 1 aromatic carbocycles. The maximum atomic E-state index is 11.5. The smallest absolute Gasteiger partial charge is 0.328 e. The summed E-state index contributed by atoms with van der Waals surface area (Å²) in [4.78, 5) is 15.4. The first-order valence-electron chi connectivity index (χ1n) is 5.28. The van der Waals surface area contributed by atoms with Gasteiger partial charge in [0.1, 0.15) is 0 Å². The molecule has 92 valence electrons. The van der Waals surface area contributed by atoms with E-state index >= 15 is 0 Å². The summed E-state index contributed by atoms with van der Waals surface area (Å²) in [7, 11) is 0. The summed E-state index contributed by atoms with van der Waals surface area (Å²) in [5, 5.41) is 6.01. The van der Waals surface area contributed by atoms with Gasteiger partial charge in [0.05, 0.1) is 0 Å². The lowest BCUT2D eigenvalue weighted by molar-refractivity contribution is -0.112. The molecule has 6 nitrogen and oxygen atoms in total. The van der Waals surface area contributed by atoms with Gasteiger partial charge in [-0.1, -0.05) is 17.3 Å². The van der Waals surface area contributed by atoms with Crippen LogP contribution in [0.5, 0.6) is 0 Å². The van der Waals surface area contributed by atoms with Crippen LogP contribution >= 0.6 is 0 Å². The lowest BCUT2D eigenvalue weighted by atomic mass is 10.2. The lowest BCUT2D eigenvalue weighted by Gasteiger charge is -1.96. The fourth-order valence-electron chi connectivity index (χ4n) is 1.33. The van der Waals surface area contributed by atoms with E-state index in [0.29, 0.717) is 11.5 Å². The van der Waals surface area contributed by atoms with Crippen LogP contribution in [0.4, 0.5) is 11.7 Å². The summed E-state index contributed by atoms with van der Waals surface area (Å²) in [5.41, 5.74) is 7.11. The molecule has 1 aromatic heterocycles. The largest absolute Gasteiger partial charge is 0.399 e. The Balaban J connectivity index is 1.99. The Morgan fingerprint density at radius 2 is 2.33 bits per heavy atom. The average Bonchev–Trinajstić information content (AvgIpc) is 2.72. The van der Waals surface area contributed by atoms with Crippen molar-refractivity contribution in [2.24, 2.45) is 0 Å². The van der Waals surface area contributed by atoms with Crippen LogP contribution in [-0.4, -0.2) is 16.0 Å². The fraction of sp³-hybridized carbons (Fsp3) is 0.0833. The highest BCUT2D eigenvalue weighted by Crippen LogP contribution is 2.08. The van der Waals surface area contributed by atoms with Gasteiger partial charge in [0.15, 0.2) is 5.82 Å². The molecule has 0 aliphatic carbocycles. The number of anilines is 2. The second-order valence-electron chi connectivity index (χ2n) is 3.64. The van der Waals surface area contributed by atoms with Gasteiger partial charge in [0.2, 0.25) is 0 Å². The molecule has 2 aromatic rings. The number of aromatic nitrogens is 2. The highest BCUT2D eigenvalue weighted by molar-refractivity contribution is 6.00. The van der Waals surface area contributed by atoms with Crippen molar-refractivity contribution in [1.82, 2.24) is 10.1 Å². The number of aryl methyl sites for hydroxylation is 1.